The molecule has 156 valence electrons. The number of esters is 1. The van der Waals surface area contributed by atoms with Gasteiger partial charge in [0.25, 0.3) is 5.91 Å². The summed E-state index contributed by atoms with van der Waals surface area (Å²) in [4.78, 5) is 30.1. The summed E-state index contributed by atoms with van der Waals surface area (Å²) >= 11 is 7.29. The first-order valence-electron chi connectivity index (χ1n) is 9.29. The van der Waals surface area contributed by atoms with Crippen molar-refractivity contribution in [2.45, 2.75) is 6.42 Å². The number of rotatable bonds is 9. The summed E-state index contributed by atoms with van der Waals surface area (Å²) in [5.74, 6) is -0.116. The van der Waals surface area contributed by atoms with E-state index in [1.165, 1.54) is 16.2 Å². The zero-order valence-electron chi connectivity index (χ0n) is 16.4. The maximum Gasteiger partial charge on any atom is 0.312 e. The third-order valence-corrected chi connectivity index (χ3v) is 5.38. The number of thiazole rings is 1. The second kappa shape index (κ2) is 10.8. The molecule has 0 saturated carbocycles. The average Bonchev–Trinajstić information content (AvgIpc) is 3.22. The molecule has 0 aliphatic rings. The summed E-state index contributed by atoms with van der Waals surface area (Å²) in [5, 5.41) is 3.30. The van der Waals surface area contributed by atoms with Crippen LogP contribution in [0.1, 0.15) is 5.69 Å². The SMILES string of the molecule is CN(CCOc1ccc(Cl)cc1)C(=O)COC(=O)Cc1csc(-c2ccccc2)n1. The first kappa shape index (κ1) is 21.8. The van der Waals surface area contributed by atoms with E-state index < -0.39 is 5.97 Å². The third kappa shape index (κ3) is 6.57. The Morgan fingerprint density at radius 2 is 1.83 bits per heavy atom. The lowest BCUT2D eigenvalue weighted by Gasteiger charge is -2.17. The highest BCUT2D eigenvalue weighted by atomic mass is 35.5. The molecule has 6 nitrogen and oxygen atoms in total. The molecule has 1 aromatic heterocycles. The van der Waals surface area contributed by atoms with Crippen LogP contribution in [0.15, 0.2) is 60.0 Å². The second-order valence-corrected chi connectivity index (χ2v) is 7.76. The molecule has 1 heterocycles. The van der Waals surface area contributed by atoms with Gasteiger partial charge in [-0.2, -0.15) is 0 Å². The molecule has 0 unspecified atom stereocenters. The molecular weight excluding hydrogens is 424 g/mol. The lowest BCUT2D eigenvalue weighted by Crippen LogP contribution is -2.34. The summed E-state index contributed by atoms with van der Waals surface area (Å²) in [6.07, 6.45) is 0.0278. The largest absolute Gasteiger partial charge is 0.492 e. The molecule has 0 aliphatic carbocycles. The molecule has 0 spiro atoms. The molecule has 0 fully saturated rings. The average molecular weight is 445 g/mol. The van der Waals surface area contributed by atoms with E-state index in [0.29, 0.717) is 29.6 Å². The van der Waals surface area contributed by atoms with Crippen LogP contribution < -0.4 is 4.74 Å². The Kier molecular flexibility index (Phi) is 7.82. The fourth-order valence-corrected chi connectivity index (χ4v) is 3.46. The van der Waals surface area contributed by atoms with Crippen molar-refractivity contribution in [1.82, 2.24) is 9.88 Å². The fourth-order valence-electron chi connectivity index (χ4n) is 2.51. The van der Waals surface area contributed by atoms with Crippen molar-refractivity contribution in [2.24, 2.45) is 0 Å². The number of aromatic nitrogens is 1. The second-order valence-electron chi connectivity index (χ2n) is 6.47. The number of ether oxygens (including phenoxy) is 2. The van der Waals surface area contributed by atoms with Crippen LogP contribution in [0.2, 0.25) is 5.02 Å². The molecule has 0 aliphatic heterocycles. The van der Waals surface area contributed by atoms with Crippen molar-refractivity contribution >= 4 is 34.8 Å². The number of carbonyl (C=O) groups is 2. The van der Waals surface area contributed by atoms with Crippen molar-refractivity contribution in [3.05, 3.63) is 70.7 Å². The van der Waals surface area contributed by atoms with Gasteiger partial charge in [0.2, 0.25) is 0 Å². The zero-order chi connectivity index (χ0) is 21.3. The van der Waals surface area contributed by atoms with Crippen molar-refractivity contribution in [1.29, 1.82) is 0 Å². The predicted octanol–water partition coefficient (Wildman–Crippen LogP) is 4.09. The highest BCUT2D eigenvalue weighted by Gasteiger charge is 2.14. The van der Waals surface area contributed by atoms with E-state index in [1.807, 2.05) is 35.7 Å². The van der Waals surface area contributed by atoms with Gasteiger partial charge in [0.15, 0.2) is 6.61 Å². The van der Waals surface area contributed by atoms with Crippen LogP contribution in [0.5, 0.6) is 5.75 Å². The van der Waals surface area contributed by atoms with Crippen molar-refractivity contribution in [2.75, 3.05) is 26.8 Å². The van der Waals surface area contributed by atoms with E-state index in [1.54, 1.807) is 31.3 Å². The van der Waals surface area contributed by atoms with E-state index in [-0.39, 0.29) is 18.9 Å². The molecule has 2 aromatic carbocycles. The normalized spacial score (nSPS) is 10.5. The Bertz CT molecular complexity index is 976. The van der Waals surface area contributed by atoms with Gasteiger partial charge in [-0.05, 0) is 24.3 Å². The summed E-state index contributed by atoms with van der Waals surface area (Å²) in [6, 6.07) is 16.7. The van der Waals surface area contributed by atoms with Gasteiger partial charge in [-0.15, -0.1) is 11.3 Å². The van der Waals surface area contributed by atoms with Crippen LogP contribution in [0.4, 0.5) is 0 Å². The smallest absolute Gasteiger partial charge is 0.312 e. The highest BCUT2D eigenvalue weighted by Crippen LogP contribution is 2.23. The van der Waals surface area contributed by atoms with Crippen molar-refractivity contribution < 1.29 is 19.1 Å². The molecule has 1 amide bonds. The van der Waals surface area contributed by atoms with E-state index >= 15 is 0 Å². The molecular formula is C22H21ClN2O4S. The molecule has 30 heavy (non-hydrogen) atoms. The molecule has 0 bridgehead atoms. The van der Waals surface area contributed by atoms with Crippen LogP contribution in [0, 0.1) is 0 Å². The van der Waals surface area contributed by atoms with Gasteiger partial charge in [0.1, 0.15) is 17.4 Å². The van der Waals surface area contributed by atoms with Crippen molar-refractivity contribution in [3.8, 4) is 16.3 Å². The number of nitrogens with zero attached hydrogens (tertiary/aromatic N) is 2. The van der Waals surface area contributed by atoms with Crippen LogP contribution >= 0.6 is 22.9 Å². The van der Waals surface area contributed by atoms with Crippen LogP contribution in [0.3, 0.4) is 0 Å². The third-order valence-electron chi connectivity index (χ3n) is 4.19. The number of benzene rings is 2. The van der Waals surface area contributed by atoms with Crippen molar-refractivity contribution in [3.63, 3.8) is 0 Å². The lowest BCUT2D eigenvalue weighted by molar-refractivity contribution is -0.151. The molecule has 3 aromatic rings. The first-order chi connectivity index (χ1) is 14.5. The number of hydrogen-bond donors (Lipinski definition) is 0. The van der Waals surface area contributed by atoms with E-state index in [9.17, 15) is 9.59 Å². The molecule has 0 saturated heterocycles. The minimum absolute atomic E-state index is 0.0278. The van der Waals surface area contributed by atoms with Crippen LogP contribution in [0.25, 0.3) is 10.6 Å². The van der Waals surface area contributed by atoms with Gasteiger partial charge < -0.3 is 14.4 Å². The Labute approximate surface area is 184 Å². The van der Waals surface area contributed by atoms with Crippen LogP contribution in [-0.2, 0) is 20.7 Å². The van der Waals surface area contributed by atoms with Gasteiger partial charge in [0, 0.05) is 23.0 Å². The number of amides is 1. The van der Waals surface area contributed by atoms with E-state index in [0.717, 1.165) is 10.6 Å². The highest BCUT2D eigenvalue weighted by molar-refractivity contribution is 7.13. The molecule has 0 radical (unpaired) electrons. The first-order valence-corrected chi connectivity index (χ1v) is 10.5. The van der Waals surface area contributed by atoms with Gasteiger partial charge in [0.05, 0.1) is 18.7 Å². The van der Waals surface area contributed by atoms with Crippen LogP contribution in [-0.4, -0.2) is 48.6 Å². The fraction of sp³-hybridized carbons (Fsp3) is 0.227. The number of likely N-dealkylation sites (N-methyl/N-ethyl adjacent to an activating group) is 1. The monoisotopic (exact) mass is 444 g/mol. The number of halogens is 1. The number of carbonyl (C=O) groups excluding carboxylic acids is 2. The van der Waals surface area contributed by atoms with Gasteiger partial charge in [-0.1, -0.05) is 41.9 Å². The Morgan fingerprint density at radius 3 is 2.57 bits per heavy atom. The molecule has 8 heteroatoms. The minimum Gasteiger partial charge on any atom is -0.492 e. The van der Waals surface area contributed by atoms with Gasteiger partial charge >= 0.3 is 5.97 Å². The Hall–Kier alpha value is -2.90. The number of hydrogen-bond acceptors (Lipinski definition) is 6. The Morgan fingerprint density at radius 1 is 1.10 bits per heavy atom. The summed E-state index contributed by atoms with van der Waals surface area (Å²) in [7, 11) is 1.63. The molecule has 0 N–H and O–H groups in total. The standard InChI is InChI=1S/C22H21ClN2O4S/c1-25(11-12-28-19-9-7-17(23)8-10-19)20(26)14-29-21(27)13-18-15-30-22(24-18)16-5-3-2-4-6-16/h2-10,15H,11-14H2,1H3. The minimum atomic E-state index is -0.487. The van der Waals surface area contributed by atoms with Gasteiger partial charge in [-0.3, -0.25) is 9.59 Å². The van der Waals surface area contributed by atoms with E-state index in [4.69, 9.17) is 21.1 Å². The summed E-state index contributed by atoms with van der Waals surface area (Å²) in [6.45, 7) is 0.371. The van der Waals surface area contributed by atoms with Gasteiger partial charge in [-0.25, -0.2) is 4.98 Å². The quantitative estimate of drug-likeness (QED) is 0.465. The maximum absolute atomic E-state index is 12.1. The summed E-state index contributed by atoms with van der Waals surface area (Å²) < 4.78 is 10.7. The zero-order valence-corrected chi connectivity index (χ0v) is 18.0. The maximum atomic E-state index is 12.1. The summed E-state index contributed by atoms with van der Waals surface area (Å²) in [5.41, 5.74) is 1.63. The Balaban J connectivity index is 1.38. The molecule has 0 atom stereocenters. The predicted molar refractivity (Wildman–Crippen MR) is 117 cm³/mol. The lowest BCUT2D eigenvalue weighted by atomic mass is 10.2. The topological polar surface area (TPSA) is 68.7 Å². The van der Waals surface area contributed by atoms with E-state index in [2.05, 4.69) is 4.98 Å². The molecule has 3 rings (SSSR count).